The van der Waals surface area contributed by atoms with E-state index in [0.29, 0.717) is 16.5 Å². The van der Waals surface area contributed by atoms with Gasteiger partial charge >= 0.3 is 0 Å². The number of nitrogens with zero attached hydrogens (tertiary/aromatic N) is 8. The van der Waals surface area contributed by atoms with Gasteiger partial charge in [-0.3, -0.25) is 9.97 Å². The van der Waals surface area contributed by atoms with Gasteiger partial charge in [-0.05, 0) is 61.9 Å². The third kappa shape index (κ3) is 5.20. The summed E-state index contributed by atoms with van der Waals surface area (Å²) >= 11 is 6.04. The highest BCUT2D eigenvalue weighted by atomic mass is 35.5. The summed E-state index contributed by atoms with van der Waals surface area (Å²) in [6.45, 7) is 3.91. The normalized spacial score (nSPS) is 12.8. The number of hydrogen-bond acceptors (Lipinski definition) is 7. The number of halogens is 1. The summed E-state index contributed by atoms with van der Waals surface area (Å²) in [4.78, 5) is 24.1. The lowest BCUT2D eigenvalue weighted by molar-refractivity contribution is 0.745. The second kappa shape index (κ2) is 10.0. The van der Waals surface area contributed by atoms with Crippen LogP contribution in [0.2, 0.25) is 5.02 Å². The van der Waals surface area contributed by atoms with Gasteiger partial charge in [0.1, 0.15) is 5.69 Å². The van der Waals surface area contributed by atoms with Gasteiger partial charge in [-0.15, -0.1) is 5.10 Å². The Hall–Kier alpha value is -4.09. The Morgan fingerprint density at radius 3 is 2.26 bits per heavy atom. The van der Waals surface area contributed by atoms with Crippen LogP contribution in [0.3, 0.4) is 0 Å². The van der Waals surface area contributed by atoms with E-state index in [1.807, 2.05) is 50.4 Å². The van der Waals surface area contributed by atoms with Crippen LogP contribution in [0, 0.1) is 18.8 Å². The average molecular weight is 483 g/mol. The highest BCUT2D eigenvalue weighted by Gasteiger charge is 2.17. The van der Waals surface area contributed by atoms with Crippen molar-refractivity contribution in [1.82, 2.24) is 34.7 Å². The second-order valence-electron chi connectivity index (χ2n) is 8.14. The predicted molar refractivity (Wildman–Crippen MR) is 137 cm³/mol. The summed E-state index contributed by atoms with van der Waals surface area (Å²) in [5.74, 6) is 7.51. The molecule has 35 heavy (non-hydrogen) atoms. The molecule has 0 spiro atoms. The van der Waals surface area contributed by atoms with Gasteiger partial charge in [0.2, 0.25) is 11.8 Å². The number of benzene rings is 2. The number of para-hydroxylation sites is 2. The molecule has 1 aliphatic rings. The fourth-order valence-corrected chi connectivity index (χ4v) is 3.96. The van der Waals surface area contributed by atoms with Crippen LogP contribution in [0.5, 0.6) is 0 Å². The van der Waals surface area contributed by atoms with Gasteiger partial charge in [0, 0.05) is 37.6 Å². The van der Waals surface area contributed by atoms with Crippen molar-refractivity contribution in [3.05, 3.63) is 77.1 Å². The van der Waals surface area contributed by atoms with Gasteiger partial charge in [-0.25, -0.2) is 14.6 Å². The molecule has 1 aliphatic heterocycles. The molecule has 0 unspecified atom stereocenters. The fourth-order valence-electron chi connectivity index (χ4n) is 3.79. The molecule has 0 saturated carbocycles. The Bertz CT molecular complexity index is 1500. The minimum atomic E-state index is 0.620. The first-order chi connectivity index (χ1) is 17.1. The van der Waals surface area contributed by atoms with E-state index in [2.05, 4.69) is 46.8 Å². The monoisotopic (exact) mass is 482 g/mol. The molecule has 9 heteroatoms. The van der Waals surface area contributed by atoms with Crippen molar-refractivity contribution in [2.24, 2.45) is 7.05 Å². The van der Waals surface area contributed by atoms with Crippen molar-refractivity contribution < 1.29 is 0 Å². The summed E-state index contributed by atoms with van der Waals surface area (Å²) in [5.41, 5.74) is 4.85. The van der Waals surface area contributed by atoms with Crippen LogP contribution >= 0.6 is 11.6 Å². The molecule has 3 aromatic heterocycles. The molecule has 6 rings (SSSR count). The van der Waals surface area contributed by atoms with Crippen molar-refractivity contribution in [2.45, 2.75) is 19.8 Å². The van der Waals surface area contributed by atoms with E-state index in [9.17, 15) is 0 Å². The summed E-state index contributed by atoms with van der Waals surface area (Å²) in [6, 6.07) is 13.3. The Labute approximate surface area is 208 Å². The molecule has 1 saturated heterocycles. The second-order valence-corrected chi connectivity index (χ2v) is 8.58. The summed E-state index contributed by atoms with van der Waals surface area (Å²) in [5, 5.41) is 5.10. The third-order valence-electron chi connectivity index (χ3n) is 5.61. The standard InChI is InChI=1S/C18H17ClN6.C8H6N2/c1-12-14(21-16-11-13(19)5-6-15(16)20-12)7-8-17-22-18(23-24(17)2)25-9-3-4-10-25;1-2-4-8-7(3-1)9-5-6-10-8/h5-6,11H,3-4,9-10H2,1-2H3;1-6H. The van der Waals surface area contributed by atoms with E-state index in [4.69, 9.17) is 11.6 Å². The molecule has 174 valence electrons. The van der Waals surface area contributed by atoms with Crippen molar-refractivity contribution in [3.63, 3.8) is 0 Å². The predicted octanol–water partition coefficient (Wildman–Crippen LogP) is 4.35. The van der Waals surface area contributed by atoms with Gasteiger partial charge in [-0.1, -0.05) is 23.7 Å². The maximum atomic E-state index is 6.04. The van der Waals surface area contributed by atoms with Crippen LogP contribution in [-0.2, 0) is 7.05 Å². The Balaban J connectivity index is 0.000000211. The highest BCUT2D eigenvalue weighted by Crippen LogP contribution is 2.18. The maximum Gasteiger partial charge on any atom is 0.245 e. The van der Waals surface area contributed by atoms with Gasteiger partial charge in [-0.2, -0.15) is 4.98 Å². The van der Waals surface area contributed by atoms with Crippen molar-refractivity contribution >= 4 is 39.6 Å². The summed E-state index contributed by atoms with van der Waals surface area (Å²) in [6.07, 6.45) is 5.77. The van der Waals surface area contributed by atoms with Gasteiger partial charge in [0.05, 0.1) is 27.8 Å². The van der Waals surface area contributed by atoms with Gasteiger partial charge in [0.25, 0.3) is 0 Å². The van der Waals surface area contributed by atoms with E-state index in [1.165, 1.54) is 12.8 Å². The average Bonchev–Trinajstić information content (AvgIpc) is 3.53. The van der Waals surface area contributed by atoms with Crippen LogP contribution in [0.15, 0.2) is 54.9 Å². The number of aromatic nitrogens is 7. The fraction of sp³-hybridized carbons (Fsp3) is 0.231. The first-order valence-corrected chi connectivity index (χ1v) is 11.7. The summed E-state index contributed by atoms with van der Waals surface area (Å²) in [7, 11) is 1.86. The Kier molecular flexibility index (Phi) is 6.51. The molecular formula is C26H23ClN8. The minimum Gasteiger partial charge on any atom is -0.340 e. The molecule has 5 aromatic rings. The van der Waals surface area contributed by atoms with E-state index in [1.54, 1.807) is 23.1 Å². The maximum absolute atomic E-state index is 6.04. The van der Waals surface area contributed by atoms with Crippen LogP contribution in [-0.4, -0.2) is 47.8 Å². The van der Waals surface area contributed by atoms with Crippen LogP contribution in [0.1, 0.15) is 30.1 Å². The van der Waals surface area contributed by atoms with Crippen LogP contribution in [0.4, 0.5) is 5.95 Å². The molecule has 0 radical (unpaired) electrons. The zero-order valence-corrected chi connectivity index (χ0v) is 20.2. The molecule has 1 fully saturated rings. The number of anilines is 1. The van der Waals surface area contributed by atoms with Crippen LogP contribution in [0.25, 0.3) is 22.1 Å². The lowest BCUT2D eigenvalue weighted by atomic mass is 10.2. The van der Waals surface area contributed by atoms with Crippen molar-refractivity contribution in [3.8, 4) is 11.8 Å². The summed E-state index contributed by atoms with van der Waals surface area (Å²) < 4.78 is 1.71. The van der Waals surface area contributed by atoms with E-state index < -0.39 is 0 Å². The van der Waals surface area contributed by atoms with Gasteiger partial charge < -0.3 is 4.90 Å². The lowest BCUT2D eigenvalue weighted by Crippen LogP contribution is -2.19. The molecular weight excluding hydrogens is 460 g/mol. The zero-order valence-electron chi connectivity index (χ0n) is 19.5. The topological polar surface area (TPSA) is 85.5 Å². The number of fused-ring (bicyclic) bond motifs is 2. The highest BCUT2D eigenvalue weighted by molar-refractivity contribution is 6.31. The Morgan fingerprint density at radius 2 is 1.54 bits per heavy atom. The minimum absolute atomic E-state index is 0.620. The molecule has 0 bridgehead atoms. The first-order valence-electron chi connectivity index (χ1n) is 11.3. The van der Waals surface area contributed by atoms with E-state index in [0.717, 1.165) is 46.8 Å². The van der Waals surface area contributed by atoms with Crippen LogP contribution < -0.4 is 4.90 Å². The molecule has 8 nitrogen and oxygen atoms in total. The molecule has 2 aromatic carbocycles. The van der Waals surface area contributed by atoms with Gasteiger partial charge in [0.15, 0.2) is 0 Å². The quantitative estimate of drug-likeness (QED) is 0.328. The van der Waals surface area contributed by atoms with Crippen molar-refractivity contribution in [2.75, 3.05) is 18.0 Å². The molecule has 0 aliphatic carbocycles. The zero-order chi connectivity index (χ0) is 24.2. The third-order valence-corrected chi connectivity index (χ3v) is 5.84. The SMILES string of the molecule is Cc1nc2ccc(Cl)cc2nc1C#Cc1nc(N2CCCC2)nn1C.c1ccc2nccnc2c1. The molecule has 0 N–H and O–H groups in total. The lowest BCUT2D eigenvalue weighted by Gasteiger charge is -2.10. The van der Waals surface area contributed by atoms with Crippen molar-refractivity contribution in [1.29, 1.82) is 0 Å². The number of aryl methyl sites for hydroxylation is 2. The first kappa shape index (κ1) is 22.7. The number of hydrogen-bond donors (Lipinski definition) is 0. The smallest absolute Gasteiger partial charge is 0.245 e. The molecule has 0 amide bonds. The Morgan fingerprint density at radius 1 is 0.829 bits per heavy atom. The molecule has 4 heterocycles. The number of rotatable bonds is 1. The largest absolute Gasteiger partial charge is 0.340 e. The van der Waals surface area contributed by atoms with E-state index in [-0.39, 0.29) is 0 Å². The molecule has 0 atom stereocenters. The van der Waals surface area contributed by atoms with E-state index >= 15 is 0 Å².